The van der Waals surface area contributed by atoms with Crippen molar-refractivity contribution in [3.05, 3.63) is 29.3 Å². The van der Waals surface area contributed by atoms with Crippen LogP contribution in [0.3, 0.4) is 0 Å². The van der Waals surface area contributed by atoms with Gasteiger partial charge in [0, 0.05) is 17.6 Å². The summed E-state index contributed by atoms with van der Waals surface area (Å²) in [5.74, 6) is 0. The zero-order chi connectivity index (χ0) is 12.2. The second kappa shape index (κ2) is 5.35. The standard InChI is InChI=1S/C14H23NO/c1-5-14(4,10-16)9-15-13-7-6-11(2)12(3)8-13/h6-8,15-16H,5,9-10H2,1-4H3. The normalized spacial score (nSPS) is 14.6. The van der Waals surface area contributed by atoms with Gasteiger partial charge in [-0.05, 0) is 43.5 Å². The van der Waals surface area contributed by atoms with Crippen molar-refractivity contribution in [2.24, 2.45) is 5.41 Å². The van der Waals surface area contributed by atoms with Crippen LogP contribution in [0.25, 0.3) is 0 Å². The number of aryl methyl sites for hydroxylation is 2. The molecule has 2 heteroatoms. The van der Waals surface area contributed by atoms with Crippen LogP contribution in [0, 0.1) is 19.3 Å². The zero-order valence-corrected chi connectivity index (χ0v) is 10.8. The Kier molecular flexibility index (Phi) is 4.36. The Labute approximate surface area is 98.7 Å². The Hall–Kier alpha value is -1.02. The largest absolute Gasteiger partial charge is 0.396 e. The maximum absolute atomic E-state index is 9.32. The van der Waals surface area contributed by atoms with E-state index in [1.54, 1.807) is 0 Å². The van der Waals surface area contributed by atoms with E-state index in [1.807, 2.05) is 0 Å². The second-order valence-electron chi connectivity index (χ2n) is 4.97. The van der Waals surface area contributed by atoms with Crippen molar-refractivity contribution in [3.63, 3.8) is 0 Å². The van der Waals surface area contributed by atoms with Crippen LogP contribution in [-0.2, 0) is 0 Å². The second-order valence-corrected chi connectivity index (χ2v) is 4.97. The lowest BCUT2D eigenvalue weighted by Gasteiger charge is -2.26. The van der Waals surface area contributed by atoms with E-state index in [0.29, 0.717) is 0 Å². The first-order valence-corrected chi connectivity index (χ1v) is 5.93. The van der Waals surface area contributed by atoms with Crippen molar-refractivity contribution in [2.45, 2.75) is 34.1 Å². The molecule has 90 valence electrons. The fourth-order valence-electron chi connectivity index (χ4n) is 1.46. The first-order chi connectivity index (χ1) is 7.50. The number of hydrogen-bond donors (Lipinski definition) is 2. The molecule has 1 atom stereocenters. The van der Waals surface area contributed by atoms with Gasteiger partial charge in [0.15, 0.2) is 0 Å². The highest BCUT2D eigenvalue weighted by molar-refractivity contribution is 5.48. The van der Waals surface area contributed by atoms with E-state index in [9.17, 15) is 5.11 Å². The molecule has 2 nitrogen and oxygen atoms in total. The molecule has 0 aliphatic carbocycles. The summed E-state index contributed by atoms with van der Waals surface area (Å²) in [5.41, 5.74) is 3.72. The van der Waals surface area contributed by atoms with Crippen LogP contribution in [0.4, 0.5) is 5.69 Å². The summed E-state index contributed by atoms with van der Waals surface area (Å²) >= 11 is 0. The van der Waals surface area contributed by atoms with E-state index in [1.165, 1.54) is 11.1 Å². The van der Waals surface area contributed by atoms with Gasteiger partial charge in [0.25, 0.3) is 0 Å². The monoisotopic (exact) mass is 221 g/mol. The van der Waals surface area contributed by atoms with Gasteiger partial charge in [0.2, 0.25) is 0 Å². The number of rotatable bonds is 5. The lowest BCUT2D eigenvalue weighted by molar-refractivity contribution is 0.149. The minimum Gasteiger partial charge on any atom is -0.396 e. The summed E-state index contributed by atoms with van der Waals surface area (Å²) in [5, 5.41) is 12.7. The van der Waals surface area contributed by atoms with E-state index < -0.39 is 0 Å². The molecule has 16 heavy (non-hydrogen) atoms. The molecule has 0 radical (unpaired) electrons. The topological polar surface area (TPSA) is 32.3 Å². The highest BCUT2D eigenvalue weighted by Crippen LogP contribution is 2.22. The summed E-state index contributed by atoms with van der Waals surface area (Å²) in [6.45, 7) is 9.47. The van der Waals surface area contributed by atoms with Gasteiger partial charge >= 0.3 is 0 Å². The first-order valence-electron chi connectivity index (χ1n) is 5.93. The SMILES string of the molecule is CCC(C)(CO)CNc1ccc(C)c(C)c1. The van der Waals surface area contributed by atoms with Crippen molar-refractivity contribution in [2.75, 3.05) is 18.5 Å². The van der Waals surface area contributed by atoms with Gasteiger partial charge in [-0.2, -0.15) is 0 Å². The van der Waals surface area contributed by atoms with Crippen molar-refractivity contribution in [3.8, 4) is 0 Å². The number of nitrogens with one attached hydrogen (secondary N) is 1. The maximum atomic E-state index is 9.32. The molecule has 0 aliphatic rings. The molecule has 0 fully saturated rings. The molecule has 0 spiro atoms. The van der Waals surface area contributed by atoms with Crippen LogP contribution in [-0.4, -0.2) is 18.3 Å². The fraction of sp³-hybridized carbons (Fsp3) is 0.571. The third-order valence-electron chi connectivity index (χ3n) is 3.46. The molecule has 1 unspecified atom stereocenters. The van der Waals surface area contributed by atoms with Crippen LogP contribution in [0.15, 0.2) is 18.2 Å². The first kappa shape index (κ1) is 13.0. The molecular weight excluding hydrogens is 198 g/mol. The quantitative estimate of drug-likeness (QED) is 0.800. The van der Waals surface area contributed by atoms with E-state index in [0.717, 1.165) is 18.7 Å². The molecule has 1 rings (SSSR count). The Balaban J connectivity index is 2.64. The molecule has 1 aromatic rings. The molecule has 0 heterocycles. The average Bonchev–Trinajstić information content (AvgIpc) is 2.30. The smallest absolute Gasteiger partial charge is 0.0501 e. The predicted molar refractivity (Wildman–Crippen MR) is 69.9 cm³/mol. The van der Waals surface area contributed by atoms with Gasteiger partial charge in [-0.15, -0.1) is 0 Å². The highest BCUT2D eigenvalue weighted by Gasteiger charge is 2.20. The minimum atomic E-state index is -0.0290. The van der Waals surface area contributed by atoms with Gasteiger partial charge < -0.3 is 10.4 Å². The third kappa shape index (κ3) is 3.24. The Morgan fingerprint density at radius 3 is 2.44 bits per heavy atom. The molecule has 0 aliphatic heterocycles. The summed E-state index contributed by atoms with van der Waals surface area (Å²) in [7, 11) is 0. The van der Waals surface area contributed by atoms with Crippen molar-refractivity contribution in [1.82, 2.24) is 0 Å². The third-order valence-corrected chi connectivity index (χ3v) is 3.46. The van der Waals surface area contributed by atoms with Gasteiger partial charge in [0.1, 0.15) is 0 Å². The van der Waals surface area contributed by atoms with Crippen molar-refractivity contribution >= 4 is 5.69 Å². The molecule has 0 bridgehead atoms. The van der Waals surface area contributed by atoms with Crippen molar-refractivity contribution in [1.29, 1.82) is 0 Å². The summed E-state index contributed by atoms with van der Waals surface area (Å²) < 4.78 is 0. The van der Waals surface area contributed by atoms with E-state index in [2.05, 4.69) is 51.2 Å². The van der Waals surface area contributed by atoms with Crippen LogP contribution in [0.5, 0.6) is 0 Å². The molecule has 0 saturated carbocycles. The fourth-order valence-corrected chi connectivity index (χ4v) is 1.46. The number of benzene rings is 1. The number of hydrogen-bond acceptors (Lipinski definition) is 2. The number of aliphatic hydroxyl groups is 1. The summed E-state index contributed by atoms with van der Waals surface area (Å²) in [6, 6.07) is 6.37. The van der Waals surface area contributed by atoms with E-state index in [4.69, 9.17) is 0 Å². The van der Waals surface area contributed by atoms with Crippen LogP contribution < -0.4 is 5.32 Å². The molecule has 0 aromatic heterocycles. The molecular formula is C14H23NO. The average molecular weight is 221 g/mol. The summed E-state index contributed by atoms with van der Waals surface area (Å²) in [6.07, 6.45) is 0.974. The molecule has 2 N–H and O–H groups in total. The maximum Gasteiger partial charge on any atom is 0.0501 e. The minimum absolute atomic E-state index is 0.0290. The van der Waals surface area contributed by atoms with Gasteiger partial charge in [-0.1, -0.05) is 19.9 Å². The molecule has 0 amide bonds. The Morgan fingerprint density at radius 1 is 1.25 bits per heavy atom. The van der Waals surface area contributed by atoms with Crippen LogP contribution in [0.1, 0.15) is 31.4 Å². The van der Waals surface area contributed by atoms with E-state index >= 15 is 0 Å². The molecule has 1 aromatic carbocycles. The lowest BCUT2D eigenvalue weighted by Crippen LogP contribution is -2.29. The van der Waals surface area contributed by atoms with E-state index in [-0.39, 0.29) is 12.0 Å². The summed E-state index contributed by atoms with van der Waals surface area (Å²) in [4.78, 5) is 0. The molecule has 0 saturated heterocycles. The highest BCUT2D eigenvalue weighted by atomic mass is 16.3. The Morgan fingerprint density at radius 2 is 1.94 bits per heavy atom. The number of anilines is 1. The van der Waals surface area contributed by atoms with Gasteiger partial charge in [-0.25, -0.2) is 0 Å². The Bertz CT molecular complexity index is 343. The van der Waals surface area contributed by atoms with Crippen LogP contribution in [0.2, 0.25) is 0 Å². The van der Waals surface area contributed by atoms with Crippen molar-refractivity contribution < 1.29 is 5.11 Å². The predicted octanol–water partition coefficient (Wildman–Crippen LogP) is 3.12. The van der Waals surface area contributed by atoms with Crippen LogP contribution >= 0.6 is 0 Å². The lowest BCUT2D eigenvalue weighted by atomic mass is 9.88. The zero-order valence-electron chi connectivity index (χ0n) is 10.8. The van der Waals surface area contributed by atoms with Gasteiger partial charge in [0.05, 0.1) is 6.61 Å². The van der Waals surface area contributed by atoms with Gasteiger partial charge in [-0.3, -0.25) is 0 Å². The number of aliphatic hydroxyl groups excluding tert-OH is 1.